The van der Waals surface area contributed by atoms with E-state index in [1.165, 1.54) is 42.8 Å². The quantitative estimate of drug-likeness (QED) is 0.749. The molecule has 1 aromatic heterocycles. The lowest BCUT2D eigenvalue weighted by molar-refractivity contribution is 0.0999. The molecule has 1 saturated heterocycles. The SMILES string of the molecule is CCCCc1ccc(CNC2C3CN(c4ncc(C(N)=O)cn4)CC32)cc1. The average Bonchev–Trinajstić information content (AvgIpc) is 3.14. The van der Waals surface area contributed by atoms with Gasteiger partial charge in [0.05, 0.1) is 5.56 Å². The number of amides is 1. The van der Waals surface area contributed by atoms with Crippen LogP contribution in [0.2, 0.25) is 0 Å². The number of benzene rings is 1. The molecule has 1 saturated carbocycles. The van der Waals surface area contributed by atoms with Crippen LogP contribution < -0.4 is 16.0 Å². The Morgan fingerprint density at radius 1 is 1.15 bits per heavy atom. The second-order valence-electron chi connectivity index (χ2n) is 7.70. The van der Waals surface area contributed by atoms with Gasteiger partial charge in [-0.25, -0.2) is 9.97 Å². The number of anilines is 1. The maximum absolute atomic E-state index is 11.1. The van der Waals surface area contributed by atoms with Crippen LogP contribution in [-0.2, 0) is 13.0 Å². The van der Waals surface area contributed by atoms with Crippen LogP contribution in [0.4, 0.5) is 5.95 Å². The Kier molecular flexibility index (Phi) is 5.07. The molecule has 2 atom stereocenters. The topological polar surface area (TPSA) is 84.1 Å². The Labute approximate surface area is 160 Å². The van der Waals surface area contributed by atoms with Gasteiger partial charge in [-0.3, -0.25) is 4.79 Å². The predicted octanol–water partition coefficient (Wildman–Crippen LogP) is 2.14. The number of primary amides is 1. The summed E-state index contributed by atoms with van der Waals surface area (Å²) >= 11 is 0. The summed E-state index contributed by atoms with van der Waals surface area (Å²) in [6, 6.07) is 9.60. The van der Waals surface area contributed by atoms with Crippen molar-refractivity contribution in [1.29, 1.82) is 0 Å². The van der Waals surface area contributed by atoms with Crippen molar-refractivity contribution in [2.45, 2.75) is 38.8 Å². The number of nitrogens with two attached hydrogens (primary N) is 1. The number of fused-ring (bicyclic) bond motifs is 1. The van der Waals surface area contributed by atoms with Crippen molar-refractivity contribution in [3.63, 3.8) is 0 Å². The van der Waals surface area contributed by atoms with Gasteiger partial charge < -0.3 is 16.0 Å². The van der Waals surface area contributed by atoms with Gasteiger partial charge in [0.25, 0.3) is 5.91 Å². The normalized spacial score (nSPS) is 23.3. The molecule has 1 aliphatic carbocycles. The van der Waals surface area contributed by atoms with E-state index >= 15 is 0 Å². The molecule has 1 amide bonds. The van der Waals surface area contributed by atoms with E-state index in [2.05, 4.69) is 51.4 Å². The Morgan fingerprint density at radius 2 is 1.78 bits per heavy atom. The van der Waals surface area contributed by atoms with Gasteiger partial charge in [0.2, 0.25) is 5.95 Å². The largest absolute Gasteiger partial charge is 0.366 e. The number of hydrogen-bond donors (Lipinski definition) is 2. The smallest absolute Gasteiger partial charge is 0.251 e. The number of aryl methyl sites for hydroxylation is 1. The van der Waals surface area contributed by atoms with E-state index in [0.717, 1.165) is 19.6 Å². The summed E-state index contributed by atoms with van der Waals surface area (Å²) in [5.74, 6) is 1.52. The van der Waals surface area contributed by atoms with Crippen molar-refractivity contribution in [3.8, 4) is 0 Å². The minimum absolute atomic E-state index is 0.350. The molecule has 1 aliphatic heterocycles. The summed E-state index contributed by atoms with van der Waals surface area (Å²) < 4.78 is 0. The molecule has 6 nitrogen and oxygen atoms in total. The highest BCUT2D eigenvalue weighted by molar-refractivity contribution is 5.92. The molecule has 142 valence electrons. The van der Waals surface area contributed by atoms with Gasteiger partial charge in [0, 0.05) is 38.1 Å². The Bertz CT molecular complexity index is 777. The second kappa shape index (κ2) is 7.64. The molecule has 2 heterocycles. The molecule has 2 unspecified atom stereocenters. The van der Waals surface area contributed by atoms with Crippen LogP contribution in [0, 0.1) is 11.8 Å². The van der Waals surface area contributed by atoms with Crippen LogP contribution in [0.5, 0.6) is 0 Å². The van der Waals surface area contributed by atoms with E-state index in [1.807, 2.05) is 0 Å². The highest BCUT2D eigenvalue weighted by atomic mass is 16.1. The maximum Gasteiger partial charge on any atom is 0.251 e. The summed E-state index contributed by atoms with van der Waals surface area (Å²) in [6.07, 6.45) is 6.69. The molecule has 3 N–H and O–H groups in total. The number of hydrogen-bond acceptors (Lipinski definition) is 5. The first kappa shape index (κ1) is 17.9. The predicted molar refractivity (Wildman–Crippen MR) is 105 cm³/mol. The molecule has 0 bridgehead atoms. The van der Waals surface area contributed by atoms with Crippen LogP contribution in [0.1, 0.15) is 41.3 Å². The van der Waals surface area contributed by atoms with Gasteiger partial charge >= 0.3 is 0 Å². The lowest BCUT2D eigenvalue weighted by atomic mass is 10.1. The number of piperidine rings is 1. The first-order valence-electron chi connectivity index (χ1n) is 9.83. The van der Waals surface area contributed by atoms with Gasteiger partial charge in [-0.1, -0.05) is 37.6 Å². The molecular formula is C21H27N5O. The van der Waals surface area contributed by atoms with Gasteiger partial charge in [0.15, 0.2) is 0 Å². The Balaban J connectivity index is 1.24. The molecular weight excluding hydrogens is 338 g/mol. The number of aromatic nitrogens is 2. The van der Waals surface area contributed by atoms with Crippen molar-refractivity contribution in [3.05, 3.63) is 53.3 Å². The highest BCUT2D eigenvalue weighted by Crippen LogP contribution is 2.46. The average molecular weight is 365 g/mol. The summed E-state index contributed by atoms with van der Waals surface area (Å²) in [5.41, 5.74) is 8.37. The van der Waals surface area contributed by atoms with E-state index in [9.17, 15) is 4.79 Å². The summed E-state index contributed by atoms with van der Waals surface area (Å²) in [6.45, 7) is 5.09. The van der Waals surface area contributed by atoms with E-state index < -0.39 is 5.91 Å². The first-order chi connectivity index (χ1) is 13.2. The summed E-state index contributed by atoms with van der Waals surface area (Å²) in [5, 5.41) is 3.70. The molecule has 4 rings (SSSR count). The van der Waals surface area contributed by atoms with Crippen molar-refractivity contribution < 1.29 is 4.79 Å². The maximum atomic E-state index is 11.1. The number of carbonyl (C=O) groups excluding carboxylic acids is 1. The number of carbonyl (C=O) groups is 1. The van der Waals surface area contributed by atoms with Gasteiger partial charge in [-0.2, -0.15) is 0 Å². The molecule has 2 aromatic rings. The molecule has 6 heteroatoms. The van der Waals surface area contributed by atoms with E-state index in [-0.39, 0.29) is 0 Å². The fourth-order valence-corrected chi connectivity index (χ4v) is 4.04. The standard InChI is InChI=1S/C21H27N5O/c1-2-3-4-14-5-7-15(8-6-14)9-23-19-17-12-26(13-18(17)19)21-24-10-16(11-25-21)20(22)27/h5-8,10-11,17-19,23H,2-4,9,12-13H2,1H3,(H2,22,27). The third-order valence-corrected chi connectivity index (χ3v) is 5.78. The van der Waals surface area contributed by atoms with Crippen molar-refractivity contribution in [2.24, 2.45) is 17.6 Å². The third kappa shape index (κ3) is 3.95. The zero-order valence-corrected chi connectivity index (χ0v) is 15.8. The van der Waals surface area contributed by atoms with Crippen LogP contribution in [-0.4, -0.2) is 35.0 Å². The summed E-state index contributed by atoms with van der Waals surface area (Å²) in [7, 11) is 0. The molecule has 2 fully saturated rings. The highest BCUT2D eigenvalue weighted by Gasteiger charge is 2.55. The number of nitrogens with zero attached hydrogens (tertiary/aromatic N) is 3. The van der Waals surface area contributed by atoms with Crippen molar-refractivity contribution >= 4 is 11.9 Å². The minimum atomic E-state index is -0.492. The fraction of sp³-hybridized carbons (Fsp3) is 0.476. The van der Waals surface area contributed by atoms with Crippen molar-refractivity contribution in [2.75, 3.05) is 18.0 Å². The van der Waals surface area contributed by atoms with Crippen molar-refractivity contribution in [1.82, 2.24) is 15.3 Å². The van der Waals surface area contributed by atoms with Crippen LogP contribution in [0.15, 0.2) is 36.7 Å². The zero-order chi connectivity index (χ0) is 18.8. The van der Waals surface area contributed by atoms with Gasteiger partial charge in [0.1, 0.15) is 0 Å². The van der Waals surface area contributed by atoms with Crippen LogP contribution in [0.25, 0.3) is 0 Å². The molecule has 1 aromatic carbocycles. The number of rotatable bonds is 8. The van der Waals surface area contributed by atoms with E-state index in [4.69, 9.17) is 5.73 Å². The lowest BCUT2D eigenvalue weighted by Gasteiger charge is -2.20. The van der Waals surface area contributed by atoms with E-state index in [1.54, 1.807) is 0 Å². The minimum Gasteiger partial charge on any atom is -0.366 e. The molecule has 0 spiro atoms. The van der Waals surface area contributed by atoms with Gasteiger partial charge in [-0.05, 0) is 35.8 Å². The summed E-state index contributed by atoms with van der Waals surface area (Å²) in [4.78, 5) is 21.9. The van der Waals surface area contributed by atoms with E-state index in [0.29, 0.717) is 29.4 Å². The second-order valence-corrected chi connectivity index (χ2v) is 7.70. The fourth-order valence-electron chi connectivity index (χ4n) is 4.04. The number of unbranched alkanes of at least 4 members (excludes halogenated alkanes) is 1. The zero-order valence-electron chi connectivity index (χ0n) is 15.8. The first-order valence-corrected chi connectivity index (χ1v) is 9.83. The van der Waals surface area contributed by atoms with Crippen LogP contribution >= 0.6 is 0 Å². The number of nitrogens with one attached hydrogen (secondary N) is 1. The van der Waals surface area contributed by atoms with Gasteiger partial charge in [-0.15, -0.1) is 0 Å². The lowest BCUT2D eigenvalue weighted by Crippen LogP contribution is -2.32. The monoisotopic (exact) mass is 365 g/mol. The molecule has 0 radical (unpaired) electrons. The third-order valence-electron chi connectivity index (χ3n) is 5.78. The Hall–Kier alpha value is -2.47. The Morgan fingerprint density at radius 3 is 2.37 bits per heavy atom. The molecule has 2 aliphatic rings. The molecule has 27 heavy (non-hydrogen) atoms. The van der Waals surface area contributed by atoms with Crippen LogP contribution in [0.3, 0.4) is 0 Å².